The van der Waals surface area contributed by atoms with E-state index >= 15 is 0 Å². The zero-order chi connectivity index (χ0) is 22.6. The molecule has 2 unspecified atom stereocenters. The van der Waals surface area contributed by atoms with Crippen molar-refractivity contribution in [3.8, 4) is 0 Å². The van der Waals surface area contributed by atoms with Crippen LogP contribution in [0.5, 0.6) is 0 Å². The molecule has 0 radical (unpaired) electrons. The second kappa shape index (κ2) is 12.6. The van der Waals surface area contributed by atoms with Crippen LogP contribution in [-0.2, 0) is 28.1 Å². The maximum Gasteiger partial charge on any atom is 0.513 e. The van der Waals surface area contributed by atoms with Gasteiger partial charge in [-0.3, -0.25) is 0 Å². The first-order chi connectivity index (χ1) is 14.2. The van der Waals surface area contributed by atoms with Crippen LogP contribution in [0.2, 0.25) is 0 Å². The van der Waals surface area contributed by atoms with Gasteiger partial charge in [-0.2, -0.15) is 0 Å². The summed E-state index contributed by atoms with van der Waals surface area (Å²) in [4.78, 5) is 22.4. The van der Waals surface area contributed by atoms with E-state index in [4.69, 9.17) is 14.2 Å². The third kappa shape index (κ3) is 7.99. The van der Waals surface area contributed by atoms with E-state index in [-0.39, 0.29) is 17.3 Å². The van der Waals surface area contributed by atoms with Crippen LogP contribution in [0.4, 0.5) is 9.59 Å². The first-order valence-electron chi connectivity index (χ1n) is 10.4. The van der Waals surface area contributed by atoms with Gasteiger partial charge in [0.2, 0.25) is 0 Å². The highest BCUT2D eigenvalue weighted by atomic mass is 16.7. The van der Waals surface area contributed by atoms with Crippen molar-refractivity contribution in [1.29, 1.82) is 0 Å². The smallest absolute Gasteiger partial charge is 0.434 e. The van der Waals surface area contributed by atoms with Gasteiger partial charge in [-0.25, -0.2) is 9.59 Å². The van der Waals surface area contributed by atoms with E-state index in [9.17, 15) is 9.59 Å². The van der Waals surface area contributed by atoms with Crippen molar-refractivity contribution in [2.75, 3.05) is 26.4 Å². The molecule has 1 rings (SSSR count). The van der Waals surface area contributed by atoms with Gasteiger partial charge in [0.05, 0.1) is 25.7 Å². The van der Waals surface area contributed by atoms with Gasteiger partial charge in [0.25, 0.3) is 0 Å². The Hall–Kier alpha value is -2.06. The van der Waals surface area contributed by atoms with E-state index in [0.717, 1.165) is 57.8 Å². The molecule has 0 saturated carbocycles. The number of unbranched alkanes of at least 4 members (excludes halogenated alkanes) is 2. The predicted octanol–water partition coefficient (Wildman–Crippen LogP) is 5.04. The fourth-order valence-corrected chi connectivity index (χ4v) is 3.57. The highest BCUT2D eigenvalue weighted by Gasteiger charge is 2.55. The molecule has 8 heteroatoms. The van der Waals surface area contributed by atoms with Crippen molar-refractivity contribution in [2.45, 2.75) is 77.1 Å². The van der Waals surface area contributed by atoms with Gasteiger partial charge in [0, 0.05) is 20.3 Å². The molecule has 8 nitrogen and oxygen atoms in total. The molecule has 0 aliphatic carbocycles. The van der Waals surface area contributed by atoms with Crippen molar-refractivity contribution < 1.29 is 37.6 Å². The van der Waals surface area contributed by atoms with E-state index < -0.39 is 12.3 Å². The lowest BCUT2D eigenvalue weighted by Crippen LogP contribution is -2.63. The normalized spacial score (nSPS) is 23.3. The van der Waals surface area contributed by atoms with Gasteiger partial charge in [0.1, 0.15) is 18.3 Å². The Morgan fingerprint density at radius 3 is 2.07 bits per heavy atom. The maximum atomic E-state index is 11.2. The van der Waals surface area contributed by atoms with Crippen LogP contribution in [0.1, 0.15) is 59.8 Å². The monoisotopic (exact) mass is 429 g/mol. The summed E-state index contributed by atoms with van der Waals surface area (Å²) in [6.45, 7) is 17.3. The largest absolute Gasteiger partial charge is 0.513 e. The lowest BCUT2D eigenvalue weighted by molar-refractivity contribution is -0.372. The number of ether oxygens (including phenoxy) is 5. The summed E-state index contributed by atoms with van der Waals surface area (Å²) >= 11 is 0. The fourth-order valence-electron chi connectivity index (χ4n) is 3.57. The van der Waals surface area contributed by atoms with Gasteiger partial charge in [-0.1, -0.05) is 13.2 Å². The Morgan fingerprint density at radius 1 is 1.00 bits per heavy atom. The van der Waals surface area contributed by atoms with Crippen molar-refractivity contribution in [2.24, 2.45) is 0 Å². The summed E-state index contributed by atoms with van der Waals surface area (Å²) in [6, 6.07) is 0. The van der Waals surface area contributed by atoms with E-state index in [2.05, 4.69) is 54.7 Å². The van der Waals surface area contributed by atoms with E-state index in [0.29, 0.717) is 13.2 Å². The summed E-state index contributed by atoms with van der Waals surface area (Å²) in [5, 5.41) is 0. The molecular weight excluding hydrogens is 392 g/mol. The molecule has 1 aliphatic rings. The zero-order valence-electron chi connectivity index (χ0n) is 18.8. The second-order valence-electron chi connectivity index (χ2n) is 7.96. The molecule has 172 valence electrons. The minimum absolute atomic E-state index is 0.0747. The van der Waals surface area contributed by atoms with Crippen LogP contribution < -0.4 is 0 Å². The molecule has 0 bridgehead atoms. The van der Waals surface area contributed by atoms with Crippen LogP contribution in [0.3, 0.4) is 0 Å². The highest BCUT2D eigenvalue weighted by Crippen LogP contribution is 2.43. The summed E-state index contributed by atoms with van der Waals surface area (Å²) in [6.07, 6.45) is 4.70. The third-order valence-corrected chi connectivity index (χ3v) is 5.52. The first kappa shape index (κ1) is 26.0. The second-order valence-corrected chi connectivity index (χ2v) is 7.96. The zero-order valence-corrected chi connectivity index (χ0v) is 18.8. The maximum absolute atomic E-state index is 11.2. The summed E-state index contributed by atoms with van der Waals surface area (Å²) < 4.78 is 28.8. The number of rotatable bonds is 12. The van der Waals surface area contributed by atoms with Crippen LogP contribution in [0.25, 0.3) is 0 Å². The van der Waals surface area contributed by atoms with Gasteiger partial charge >= 0.3 is 12.3 Å². The standard InChI is InChI=1S/C22H37O8/c1-7-25-19(23)27-14-10-9-13-22(6)21(4,5)30(17-18(3)29-22)16-12-11-15-28-20(24)26-8-2/h7-8,18H,1-2,9-17H2,3-6H3/q+1. The summed E-state index contributed by atoms with van der Waals surface area (Å²) in [5.41, 5.74) is -0.633. The molecule has 0 spiro atoms. The van der Waals surface area contributed by atoms with Crippen LogP contribution in [-0.4, -0.2) is 56.0 Å². The number of carbonyl (C=O) groups excluding carboxylic acids is 2. The lowest BCUT2D eigenvalue weighted by Gasteiger charge is -2.52. The van der Waals surface area contributed by atoms with Gasteiger partial charge in [0.15, 0.2) is 12.2 Å². The Labute approximate surface area is 179 Å². The van der Waals surface area contributed by atoms with Gasteiger partial charge in [-0.05, 0) is 39.5 Å². The molecule has 2 atom stereocenters. The average Bonchev–Trinajstić information content (AvgIpc) is 2.65. The quantitative estimate of drug-likeness (QED) is 0.186. The molecule has 0 N–H and O–H groups in total. The van der Waals surface area contributed by atoms with E-state index in [1.54, 1.807) is 0 Å². The molecule has 0 aromatic rings. The molecule has 1 aliphatic heterocycles. The average molecular weight is 430 g/mol. The molecule has 0 amide bonds. The summed E-state index contributed by atoms with van der Waals surface area (Å²) in [7, 11) is 0. The van der Waals surface area contributed by atoms with Crippen LogP contribution in [0.15, 0.2) is 25.7 Å². The van der Waals surface area contributed by atoms with Gasteiger partial charge in [-0.15, -0.1) is 0 Å². The van der Waals surface area contributed by atoms with Crippen molar-refractivity contribution in [1.82, 2.24) is 0 Å². The highest BCUT2D eigenvalue weighted by molar-refractivity contribution is 5.60. The molecule has 1 fully saturated rings. The first-order valence-corrected chi connectivity index (χ1v) is 10.4. The number of hydrogen-bond acceptors (Lipinski definition) is 7. The third-order valence-electron chi connectivity index (χ3n) is 5.52. The van der Waals surface area contributed by atoms with Crippen molar-refractivity contribution in [3.05, 3.63) is 25.7 Å². The molecule has 30 heavy (non-hydrogen) atoms. The topological polar surface area (TPSA) is 83.0 Å². The minimum atomic E-state index is -0.734. The fraction of sp³-hybridized carbons (Fsp3) is 0.727. The number of hydrogen-bond donors (Lipinski definition) is 0. The van der Waals surface area contributed by atoms with E-state index in [1.807, 2.05) is 0 Å². The van der Waals surface area contributed by atoms with Crippen molar-refractivity contribution in [3.63, 3.8) is 0 Å². The molecule has 1 saturated heterocycles. The van der Waals surface area contributed by atoms with Crippen LogP contribution >= 0.6 is 0 Å². The molecular formula is C22H37O8+. The Balaban J connectivity index is 2.47. The molecule has 1 heterocycles. The van der Waals surface area contributed by atoms with Crippen LogP contribution in [0, 0.1) is 0 Å². The SMILES string of the molecule is C=COC(=O)OCCCC[O+]1CC(C)OC(C)(CCCCOC(=O)OC=C)C1(C)C. The van der Waals surface area contributed by atoms with Crippen molar-refractivity contribution >= 4 is 12.3 Å². The lowest BCUT2D eigenvalue weighted by atomic mass is 9.81. The van der Waals surface area contributed by atoms with E-state index in [1.165, 1.54) is 0 Å². The predicted molar refractivity (Wildman–Crippen MR) is 112 cm³/mol. The molecule has 0 aromatic heterocycles. The molecule has 0 aromatic carbocycles. The van der Waals surface area contributed by atoms with Gasteiger partial charge < -0.3 is 28.1 Å². The number of carbonyl (C=O) groups is 2. The summed E-state index contributed by atoms with van der Waals surface area (Å²) in [5.74, 6) is 0. The Kier molecular flexibility index (Phi) is 10.9. The minimum Gasteiger partial charge on any atom is -0.434 e. The Morgan fingerprint density at radius 2 is 1.53 bits per heavy atom. The Bertz CT molecular complexity index is 573.